The molecule has 1 saturated heterocycles. The van der Waals surface area contributed by atoms with Crippen LogP contribution in [-0.4, -0.2) is 17.5 Å². The first-order chi connectivity index (χ1) is 8.34. The fraction of sp³-hybridized carbons (Fsp3) is 0.812. The Balaban J connectivity index is 1.86. The van der Waals surface area contributed by atoms with Crippen LogP contribution in [-0.2, 0) is 9.53 Å². The van der Waals surface area contributed by atoms with Crippen LogP contribution < -0.4 is 0 Å². The van der Waals surface area contributed by atoms with E-state index < -0.39 is 0 Å². The maximum atomic E-state index is 12.5. The molecule has 3 rings (SSSR count). The number of fused-ring (bicyclic) bond motifs is 2. The maximum absolute atomic E-state index is 12.5. The summed E-state index contributed by atoms with van der Waals surface area (Å²) in [6.45, 7) is 8.62. The van der Waals surface area contributed by atoms with Crippen molar-refractivity contribution in [3.8, 4) is 0 Å². The first-order valence-electron chi connectivity index (χ1n) is 7.21. The molecular weight excluding hydrogens is 224 g/mol. The van der Waals surface area contributed by atoms with Gasteiger partial charge in [-0.15, -0.1) is 0 Å². The lowest BCUT2D eigenvalue weighted by Crippen LogP contribution is -2.19. The van der Waals surface area contributed by atoms with E-state index in [9.17, 15) is 4.79 Å². The quantitative estimate of drug-likeness (QED) is 0.484. The topological polar surface area (TPSA) is 29.6 Å². The number of ether oxygens (including phenoxy) is 1. The highest BCUT2D eigenvalue weighted by atomic mass is 16.6. The molecule has 0 aromatic carbocycles. The number of ketones is 1. The van der Waals surface area contributed by atoms with E-state index in [0.29, 0.717) is 5.78 Å². The van der Waals surface area contributed by atoms with Gasteiger partial charge in [-0.1, -0.05) is 12.5 Å². The summed E-state index contributed by atoms with van der Waals surface area (Å²) in [4.78, 5) is 12.5. The predicted molar refractivity (Wildman–Crippen MR) is 71.3 cm³/mol. The summed E-state index contributed by atoms with van der Waals surface area (Å²) in [6.07, 6.45) is 5.51. The van der Waals surface area contributed by atoms with Crippen LogP contribution in [0.1, 0.15) is 59.8 Å². The van der Waals surface area contributed by atoms with Crippen LogP contribution in [0.25, 0.3) is 0 Å². The number of epoxide rings is 1. The molecule has 2 saturated carbocycles. The summed E-state index contributed by atoms with van der Waals surface area (Å²) in [5.74, 6) is 1.12. The number of hydrogen-bond acceptors (Lipinski definition) is 2. The molecule has 1 heterocycles. The zero-order chi connectivity index (χ0) is 13.1. The minimum atomic E-state index is 0.0574. The van der Waals surface area contributed by atoms with Crippen molar-refractivity contribution in [1.29, 1.82) is 0 Å². The molecule has 0 radical (unpaired) electrons. The number of hydrogen-bond donors (Lipinski definition) is 0. The summed E-state index contributed by atoms with van der Waals surface area (Å²) in [6, 6.07) is 0. The van der Waals surface area contributed by atoms with Crippen LogP contribution in [0, 0.1) is 11.3 Å². The minimum Gasteiger partial charge on any atom is -0.366 e. The Morgan fingerprint density at radius 1 is 1.33 bits per heavy atom. The van der Waals surface area contributed by atoms with Crippen molar-refractivity contribution in [3.05, 3.63) is 11.1 Å². The lowest BCUT2D eigenvalue weighted by molar-refractivity contribution is -0.117. The summed E-state index contributed by atoms with van der Waals surface area (Å²) < 4.78 is 5.88. The van der Waals surface area contributed by atoms with E-state index in [1.54, 1.807) is 0 Å². The number of carbonyl (C=O) groups excluding carboxylic acids is 1. The van der Waals surface area contributed by atoms with Crippen molar-refractivity contribution in [2.24, 2.45) is 11.3 Å². The van der Waals surface area contributed by atoms with Crippen molar-refractivity contribution in [2.75, 3.05) is 0 Å². The molecule has 18 heavy (non-hydrogen) atoms. The normalized spacial score (nSPS) is 47.1. The minimum absolute atomic E-state index is 0.0574. The van der Waals surface area contributed by atoms with Crippen LogP contribution >= 0.6 is 0 Å². The molecule has 3 fully saturated rings. The van der Waals surface area contributed by atoms with E-state index in [2.05, 4.69) is 27.7 Å². The molecule has 3 aliphatic rings. The van der Waals surface area contributed by atoms with Crippen molar-refractivity contribution in [2.45, 2.75) is 71.5 Å². The Hall–Kier alpha value is -0.630. The lowest BCUT2D eigenvalue weighted by atomic mass is 9.85. The molecule has 0 amide bonds. The van der Waals surface area contributed by atoms with Gasteiger partial charge in [0, 0.05) is 12.8 Å². The highest BCUT2D eigenvalue weighted by Crippen LogP contribution is 2.60. The summed E-state index contributed by atoms with van der Waals surface area (Å²) >= 11 is 0. The van der Waals surface area contributed by atoms with Crippen LogP contribution in [0.4, 0.5) is 0 Å². The second-order valence-electron chi connectivity index (χ2n) is 7.30. The molecule has 4 unspecified atom stereocenters. The van der Waals surface area contributed by atoms with Gasteiger partial charge in [0.25, 0.3) is 0 Å². The molecule has 100 valence electrons. The van der Waals surface area contributed by atoms with Crippen LogP contribution in [0.3, 0.4) is 0 Å². The van der Waals surface area contributed by atoms with E-state index in [1.165, 1.54) is 24.8 Å². The molecule has 0 aromatic heterocycles. The van der Waals surface area contributed by atoms with Gasteiger partial charge in [-0.05, 0) is 56.9 Å². The standard InChI is InChI=1S/C16H24O2/c1-10(2)12-7-14-16(4,18-14)6-5-11-8-15(11,3)9-13(12)17/h11,14H,5-9H2,1-4H3. The van der Waals surface area contributed by atoms with E-state index in [-0.39, 0.29) is 17.1 Å². The molecule has 0 aromatic rings. The van der Waals surface area contributed by atoms with Crippen LogP contribution in [0.15, 0.2) is 11.1 Å². The van der Waals surface area contributed by atoms with Crippen molar-refractivity contribution in [3.63, 3.8) is 0 Å². The van der Waals surface area contributed by atoms with Gasteiger partial charge in [-0.25, -0.2) is 0 Å². The Morgan fingerprint density at radius 3 is 2.72 bits per heavy atom. The second kappa shape index (κ2) is 3.69. The summed E-state index contributed by atoms with van der Waals surface area (Å²) in [5.41, 5.74) is 2.56. The molecule has 0 bridgehead atoms. The monoisotopic (exact) mass is 248 g/mol. The van der Waals surface area contributed by atoms with Crippen LogP contribution in [0.2, 0.25) is 0 Å². The average Bonchev–Trinajstić information content (AvgIpc) is 3.09. The van der Waals surface area contributed by atoms with Crippen molar-refractivity contribution >= 4 is 5.78 Å². The predicted octanol–water partition coefficient (Wildman–Crippen LogP) is 3.65. The van der Waals surface area contributed by atoms with Gasteiger partial charge in [0.2, 0.25) is 0 Å². The fourth-order valence-corrected chi connectivity index (χ4v) is 3.66. The highest BCUT2D eigenvalue weighted by molar-refractivity contribution is 5.96. The van der Waals surface area contributed by atoms with E-state index in [4.69, 9.17) is 4.74 Å². The molecule has 2 nitrogen and oxygen atoms in total. The second-order valence-corrected chi connectivity index (χ2v) is 7.30. The maximum Gasteiger partial charge on any atom is 0.159 e. The molecule has 2 aliphatic carbocycles. The van der Waals surface area contributed by atoms with E-state index in [0.717, 1.165) is 24.3 Å². The first-order valence-corrected chi connectivity index (χ1v) is 7.21. The first kappa shape index (κ1) is 12.4. The van der Waals surface area contributed by atoms with E-state index in [1.807, 2.05) is 0 Å². The molecule has 1 aliphatic heterocycles. The zero-order valence-corrected chi connectivity index (χ0v) is 12.0. The molecule has 4 atom stereocenters. The molecule has 0 spiro atoms. The Kier molecular flexibility index (Phi) is 2.54. The summed E-state index contributed by atoms with van der Waals surface area (Å²) in [7, 11) is 0. The number of carbonyl (C=O) groups is 1. The van der Waals surface area contributed by atoms with Crippen LogP contribution in [0.5, 0.6) is 0 Å². The smallest absolute Gasteiger partial charge is 0.159 e. The highest BCUT2D eigenvalue weighted by Gasteiger charge is 2.57. The molecular formula is C16H24O2. The van der Waals surface area contributed by atoms with Crippen molar-refractivity contribution < 1.29 is 9.53 Å². The number of allylic oxidation sites excluding steroid dienone is 1. The third kappa shape index (κ3) is 1.95. The Morgan fingerprint density at radius 2 is 2.06 bits per heavy atom. The van der Waals surface area contributed by atoms with Gasteiger partial charge < -0.3 is 4.74 Å². The number of Topliss-reactive ketones (excluding diaryl/α,β-unsaturated/α-hetero) is 1. The molecule has 2 heteroatoms. The Bertz CT molecular complexity index is 432. The lowest BCUT2D eigenvalue weighted by Gasteiger charge is -2.16. The zero-order valence-electron chi connectivity index (χ0n) is 12.0. The third-order valence-corrected chi connectivity index (χ3v) is 5.46. The third-order valence-electron chi connectivity index (χ3n) is 5.46. The van der Waals surface area contributed by atoms with Gasteiger partial charge in [-0.3, -0.25) is 4.79 Å². The SMILES string of the molecule is CC(C)=C1CC2OC2(C)CCC2CC2(C)CC1=O. The number of rotatable bonds is 0. The van der Waals surface area contributed by atoms with Gasteiger partial charge in [0.1, 0.15) is 0 Å². The van der Waals surface area contributed by atoms with Gasteiger partial charge >= 0.3 is 0 Å². The fourth-order valence-electron chi connectivity index (χ4n) is 3.66. The van der Waals surface area contributed by atoms with E-state index >= 15 is 0 Å². The summed E-state index contributed by atoms with van der Waals surface area (Å²) in [5, 5.41) is 0. The van der Waals surface area contributed by atoms with Gasteiger partial charge in [-0.2, -0.15) is 0 Å². The van der Waals surface area contributed by atoms with Gasteiger partial charge in [0.15, 0.2) is 5.78 Å². The molecule has 0 N–H and O–H groups in total. The van der Waals surface area contributed by atoms with Gasteiger partial charge in [0.05, 0.1) is 11.7 Å². The average molecular weight is 248 g/mol. The Labute approximate surface area is 110 Å². The van der Waals surface area contributed by atoms with Crippen molar-refractivity contribution in [1.82, 2.24) is 0 Å². The largest absolute Gasteiger partial charge is 0.366 e.